The Hall–Kier alpha value is -1.00. The van der Waals surface area contributed by atoms with E-state index in [9.17, 15) is 8.78 Å². The molecule has 3 atom stereocenters. The molecule has 1 aromatic carbocycles. The number of halogens is 3. The molecule has 0 aromatic heterocycles. The fourth-order valence-electron chi connectivity index (χ4n) is 4.18. The maximum absolute atomic E-state index is 14.0. The number of morpholine rings is 1. The molecule has 1 aromatic rings. The molecule has 1 aliphatic carbocycles. The summed E-state index contributed by atoms with van der Waals surface area (Å²) in [5, 5.41) is 3.41. The minimum absolute atomic E-state index is 0. The molecule has 1 saturated carbocycles. The van der Waals surface area contributed by atoms with Gasteiger partial charge < -0.3 is 15.0 Å². The first-order valence-corrected chi connectivity index (χ1v) is 9.41. The van der Waals surface area contributed by atoms with Crippen LogP contribution in [0.3, 0.4) is 0 Å². The van der Waals surface area contributed by atoms with Crippen LogP contribution in [0.25, 0.3) is 0 Å². The highest BCUT2D eigenvalue weighted by Gasteiger charge is 2.43. The van der Waals surface area contributed by atoms with E-state index in [4.69, 9.17) is 4.74 Å². The van der Waals surface area contributed by atoms with Crippen molar-refractivity contribution >= 4 is 29.9 Å². The van der Waals surface area contributed by atoms with Crippen molar-refractivity contribution in [2.75, 3.05) is 46.4 Å². The smallest absolute Gasteiger partial charge is 0.193 e. The first-order valence-electron chi connectivity index (χ1n) is 9.41. The van der Waals surface area contributed by atoms with Crippen molar-refractivity contribution in [3.63, 3.8) is 0 Å². The van der Waals surface area contributed by atoms with Gasteiger partial charge in [0.2, 0.25) is 0 Å². The summed E-state index contributed by atoms with van der Waals surface area (Å²) in [6.45, 7) is 5.48. The first kappa shape index (κ1) is 20.7. The zero-order valence-electron chi connectivity index (χ0n) is 15.5. The monoisotopic (exact) mass is 492 g/mol. The van der Waals surface area contributed by atoms with E-state index in [1.54, 1.807) is 7.05 Å². The molecule has 1 N–H and O–H groups in total. The quantitative estimate of drug-likeness (QED) is 0.400. The van der Waals surface area contributed by atoms with Crippen molar-refractivity contribution in [3.05, 3.63) is 35.4 Å². The Balaban J connectivity index is 0.00000210. The summed E-state index contributed by atoms with van der Waals surface area (Å²) < 4.78 is 33.4. The van der Waals surface area contributed by atoms with Crippen LogP contribution in [-0.2, 0) is 4.74 Å². The summed E-state index contributed by atoms with van der Waals surface area (Å²) in [6, 6.07) is 4.64. The highest BCUT2D eigenvalue weighted by Crippen LogP contribution is 2.43. The van der Waals surface area contributed by atoms with Crippen LogP contribution in [0.2, 0.25) is 0 Å². The van der Waals surface area contributed by atoms with Gasteiger partial charge in [-0.05, 0) is 25.0 Å². The van der Waals surface area contributed by atoms with Gasteiger partial charge >= 0.3 is 0 Å². The summed E-state index contributed by atoms with van der Waals surface area (Å²) in [5.41, 5.74) is 0.202. The third-order valence-electron chi connectivity index (χ3n) is 5.71. The summed E-state index contributed by atoms with van der Waals surface area (Å²) in [4.78, 5) is 9.15. The van der Waals surface area contributed by atoms with Crippen LogP contribution < -0.4 is 5.32 Å². The Morgan fingerprint density at radius 3 is 2.56 bits per heavy atom. The van der Waals surface area contributed by atoms with Crippen molar-refractivity contribution in [2.45, 2.75) is 30.8 Å². The largest absolute Gasteiger partial charge is 0.379 e. The van der Waals surface area contributed by atoms with Gasteiger partial charge in [0.05, 0.1) is 13.2 Å². The second kappa shape index (κ2) is 9.00. The predicted octanol–water partition coefficient (Wildman–Crippen LogP) is 2.42. The zero-order valence-corrected chi connectivity index (χ0v) is 17.9. The Bertz CT molecular complexity index is 663. The van der Waals surface area contributed by atoms with Gasteiger partial charge in [-0.25, -0.2) is 8.78 Å². The average Bonchev–Trinajstić information content (AvgIpc) is 3.22. The van der Waals surface area contributed by atoms with E-state index in [-0.39, 0.29) is 41.5 Å². The number of benzene rings is 1. The Morgan fingerprint density at radius 1 is 1.19 bits per heavy atom. The van der Waals surface area contributed by atoms with Gasteiger partial charge in [-0.1, -0.05) is 6.07 Å². The third kappa shape index (κ3) is 4.54. The number of guanidine groups is 1. The maximum atomic E-state index is 14.0. The Labute approximate surface area is 176 Å². The van der Waals surface area contributed by atoms with E-state index < -0.39 is 11.6 Å². The van der Waals surface area contributed by atoms with Gasteiger partial charge in [0.1, 0.15) is 11.6 Å². The molecule has 2 saturated heterocycles. The average molecular weight is 492 g/mol. The molecule has 27 heavy (non-hydrogen) atoms. The van der Waals surface area contributed by atoms with Gasteiger partial charge in [0.25, 0.3) is 0 Å². The topological polar surface area (TPSA) is 40.1 Å². The summed E-state index contributed by atoms with van der Waals surface area (Å²) in [6.07, 6.45) is 1.84. The lowest BCUT2D eigenvalue weighted by molar-refractivity contribution is 0.0195. The molecular weight excluding hydrogens is 465 g/mol. The number of likely N-dealkylation sites (tertiary alicyclic amines) is 1. The molecule has 0 amide bonds. The molecule has 2 heterocycles. The predicted molar refractivity (Wildman–Crippen MR) is 112 cm³/mol. The van der Waals surface area contributed by atoms with E-state index in [0.29, 0.717) is 6.04 Å². The van der Waals surface area contributed by atoms with Crippen LogP contribution in [0.5, 0.6) is 0 Å². The minimum Gasteiger partial charge on any atom is -0.379 e. The van der Waals surface area contributed by atoms with Crippen molar-refractivity contribution < 1.29 is 13.5 Å². The number of rotatable bonds is 3. The second-order valence-electron chi connectivity index (χ2n) is 7.31. The number of aliphatic imine (C=N–C) groups is 1. The van der Waals surface area contributed by atoms with Gasteiger partial charge in [-0.3, -0.25) is 9.89 Å². The molecule has 0 bridgehead atoms. The van der Waals surface area contributed by atoms with Crippen LogP contribution in [0.1, 0.15) is 24.3 Å². The summed E-state index contributed by atoms with van der Waals surface area (Å²) in [5.74, 6) is -0.193. The Kier molecular flexibility index (Phi) is 6.91. The standard InChI is InChI=1S/C19H26F2N4O.HI/c1-22-19(25-6-5-13(12-25)24-7-9-26-10-8-24)23-17-11-14(17)18-15(20)3-2-4-16(18)21;/h2-4,13-14,17H,5-12H2,1H3,(H,22,23);1H. The molecule has 8 heteroatoms. The molecule has 2 aliphatic heterocycles. The van der Waals surface area contributed by atoms with Crippen molar-refractivity contribution in [3.8, 4) is 0 Å². The fraction of sp³-hybridized carbons (Fsp3) is 0.632. The maximum Gasteiger partial charge on any atom is 0.193 e. The summed E-state index contributed by atoms with van der Waals surface area (Å²) in [7, 11) is 1.77. The highest BCUT2D eigenvalue weighted by molar-refractivity contribution is 14.0. The second-order valence-corrected chi connectivity index (χ2v) is 7.31. The van der Waals surface area contributed by atoms with Crippen LogP contribution in [0, 0.1) is 11.6 Å². The van der Waals surface area contributed by atoms with E-state index in [1.165, 1.54) is 18.2 Å². The van der Waals surface area contributed by atoms with Gasteiger partial charge in [-0.2, -0.15) is 0 Å². The molecule has 3 fully saturated rings. The molecule has 3 unspecified atom stereocenters. The lowest BCUT2D eigenvalue weighted by Gasteiger charge is -2.32. The molecule has 3 aliphatic rings. The van der Waals surface area contributed by atoms with Crippen LogP contribution >= 0.6 is 24.0 Å². The highest BCUT2D eigenvalue weighted by atomic mass is 127. The van der Waals surface area contributed by atoms with E-state index in [2.05, 4.69) is 20.1 Å². The molecule has 0 spiro atoms. The number of ether oxygens (including phenoxy) is 1. The SMILES string of the molecule is CN=C(NC1CC1c1c(F)cccc1F)N1CCC(N2CCOCC2)C1.I. The van der Waals surface area contributed by atoms with E-state index in [1.807, 2.05) is 0 Å². The van der Waals surface area contributed by atoms with Crippen LogP contribution in [0.15, 0.2) is 23.2 Å². The van der Waals surface area contributed by atoms with Gasteiger partial charge in [0, 0.05) is 56.8 Å². The fourth-order valence-corrected chi connectivity index (χ4v) is 4.18. The lowest BCUT2D eigenvalue weighted by atomic mass is 10.1. The normalized spacial score (nSPS) is 28.8. The van der Waals surface area contributed by atoms with Crippen LogP contribution in [-0.4, -0.2) is 74.3 Å². The lowest BCUT2D eigenvalue weighted by Crippen LogP contribution is -2.47. The molecular formula is C19H27F2IN4O. The molecule has 0 radical (unpaired) electrons. The summed E-state index contributed by atoms with van der Waals surface area (Å²) >= 11 is 0. The number of nitrogens with zero attached hydrogens (tertiary/aromatic N) is 3. The number of hydrogen-bond donors (Lipinski definition) is 1. The van der Waals surface area contributed by atoms with Crippen molar-refractivity contribution in [1.29, 1.82) is 0 Å². The van der Waals surface area contributed by atoms with Crippen molar-refractivity contribution in [2.24, 2.45) is 4.99 Å². The van der Waals surface area contributed by atoms with Crippen molar-refractivity contribution in [1.82, 2.24) is 15.1 Å². The molecule has 150 valence electrons. The number of hydrogen-bond acceptors (Lipinski definition) is 3. The minimum atomic E-state index is -0.456. The Morgan fingerprint density at radius 2 is 1.89 bits per heavy atom. The zero-order chi connectivity index (χ0) is 18.1. The molecule has 4 rings (SSSR count). The van der Waals surface area contributed by atoms with Gasteiger partial charge in [-0.15, -0.1) is 24.0 Å². The van der Waals surface area contributed by atoms with Crippen LogP contribution in [0.4, 0.5) is 8.78 Å². The van der Waals surface area contributed by atoms with Gasteiger partial charge in [0.15, 0.2) is 5.96 Å². The third-order valence-corrected chi connectivity index (χ3v) is 5.71. The first-order chi connectivity index (χ1) is 12.7. The van der Waals surface area contributed by atoms with E-state index in [0.717, 1.165) is 58.2 Å². The number of nitrogens with one attached hydrogen (secondary N) is 1. The molecule has 5 nitrogen and oxygen atoms in total. The van der Waals surface area contributed by atoms with E-state index >= 15 is 0 Å².